The van der Waals surface area contributed by atoms with Crippen molar-refractivity contribution in [2.75, 3.05) is 6.61 Å². The Labute approximate surface area is 89.3 Å². The number of nitrogens with zero attached hydrogens (tertiary/aromatic N) is 1. The normalized spacial score (nSPS) is 32.9. The molecule has 1 N–H and O–H groups in total. The Balaban J connectivity index is 1.77. The molecule has 2 rings (SSSR count). The van der Waals surface area contributed by atoms with E-state index in [1.54, 1.807) is 6.21 Å². The molecule has 0 saturated heterocycles. The Kier molecular flexibility index (Phi) is 2.44. The van der Waals surface area contributed by atoms with Crippen molar-refractivity contribution < 1.29 is 14.7 Å². The number of aliphatic carboxylic acids is 1. The summed E-state index contributed by atoms with van der Waals surface area (Å²) in [5.74, 6) is -0.330. The molecular formula is C11H17NO3. The third-order valence-electron chi connectivity index (χ3n) is 3.48. The lowest BCUT2D eigenvalue weighted by atomic mass is 10.1. The highest BCUT2D eigenvalue weighted by atomic mass is 16.6. The summed E-state index contributed by atoms with van der Waals surface area (Å²) >= 11 is 0. The molecule has 2 atom stereocenters. The molecule has 0 radical (unpaired) electrons. The summed E-state index contributed by atoms with van der Waals surface area (Å²) in [5.41, 5.74) is -0.168. The Morgan fingerprint density at radius 1 is 1.60 bits per heavy atom. The Morgan fingerprint density at radius 2 is 2.27 bits per heavy atom. The zero-order chi connectivity index (χ0) is 11.1. The Bertz CT molecular complexity index is 294. The van der Waals surface area contributed by atoms with Crippen LogP contribution >= 0.6 is 0 Å². The SMILES string of the molecule is CC1(C)C(C=NOCC2CC2)[C@H]1C(=O)O. The topological polar surface area (TPSA) is 58.9 Å². The van der Waals surface area contributed by atoms with E-state index in [1.807, 2.05) is 13.8 Å². The maximum atomic E-state index is 10.8. The zero-order valence-electron chi connectivity index (χ0n) is 9.14. The minimum absolute atomic E-state index is 0.0224. The maximum Gasteiger partial charge on any atom is 0.307 e. The summed E-state index contributed by atoms with van der Waals surface area (Å²) in [4.78, 5) is 15.9. The third-order valence-corrected chi connectivity index (χ3v) is 3.48. The van der Waals surface area contributed by atoms with E-state index in [4.69, 9.17) is 9.94 Å². The summed E-state index contributed by atoms with van der Waals surface area (Å²) in [6, 6.07) is 0. The van der Waals surface area contributed by atoms with Gasteiger partial charge in [-0.2, -0.15) is 0 Å². The van der Waals surface area contributed by atoms with E-state index in [1.165, 1.54) is 12.8 Å². The molecule has 2 aliphatic carbocycles. The van der Waals surface area contributed by atoms with E-state index in [-0.39, 0.29) is 17.3 Å². The fraction of sp³-hybridized carbons (Fsp3) is 0.818. The number of carbonyl (C=O) groups is 1. The molecule has 0 aromatic heterocycles. The standard InChI is InChI=1S/C11H17NO3/c1-11(2)8(9(11)10(13)14)5-12-15-6-7-3-4-7/h5,7-9H,3-4,6H2,1-2H3,(H,13,14)/t8?,9-/m0/s1. The van der Waals surface area contributed by atoms with Gasteiger partial charge in [-0.1, -0.05) is 19.0 Å². The third kappa shape index (κ3) is 2.13. The largest absolute Gasteiger partial charge is 0.481 e. The average Bonchev–Trinajstić information content (AvgIpc) is 2.98. The summed E-state index contributed by atoms with van der Waals surface area (Å²) in [6.07, 6.45) is 4.13. The lowest BCUT2D eigenvalue weighted by molar-refractivity contribution is -0.139. The second-order valence-electron chi connectivity index (χ2n) is 5.16. The molecule has 2 fully saturated rings. The van der Waals surface area contributed by atoms with Crippen LogP contribution in [-0.2, 0) is 9.63 Å². The van der Waals surface area contributed by atoms with Crippen molar-refractivity contribution >= 4 is 12.2 Å². The van der Waals surface area contributed by atoms with E-state index in [9.17, 15) is 4.79 Å². The summed E-state index contributed by atoms with van der Waals surface area (Å²) < 4.78 is 0. The van der Waals surface area contributed by atoms with Gasteiger partial charge in [-0.3, -0.25) is 4.79 Å². The van der Waals surface area contributed by atoms with Crippen LogP contribution in [0.5, 0.6) is 0 Å². The fourth-order valence-electron chi connectivity index (χ4n) is 1.97. The zero-order valence-corrected chi connectivity index (χ0v) is 9.14. The van der Waals surface area contributed by atoms with E-state index in [0.29, 0.717) is 12.5 Å². The predicted molar refractivity (Wildman–Crippen MR) is 55.6 cm³/mol. The van der Waals surface area contributed by atoms with Crippen molar-refractivity contribution in [3.63, 3.8) is 0 Å². The molecule has 84 valence electrons. The molecule has 0 bridgehead atoms. The van der Waals surface area contributed by atoms with Crippen molar-refractivity contribution in [1.29, 1.82) is 0 Å². The molecule has 2 aliphatic rings. The van der Waals surface area contributed by atoms with Gasteiger partial charge in [-0.15, -0.1) is 0 Å². The number of oxime groups is 1. The number of rotatable bonds is 5. The van der Waals surface area contributed by atoms with E-state index in [2.05, 4.69) is 5.16 Å². The van der Waals surface area contributed by atoms with Crippen LogP contribution in [0.25, 0.3) is 0 Å². The van der Waals surface area contributed by atoms with Gasteiger partial charge in [0, 0.05) is 12.1 Å². The molecule has 1 unspecified atom stereocenters. The summed E-state index contributed by atoms with van der Waals surface area (Å²) in [6.45, 7) is 4.58. The van der Waals surface area contributed by atoms with Gasteiger partial charge in [0.05, 0.1) is 5.92 Å². The van der Waals surface area contributed by atoms with Crippen LogP contribution in [0.2, 0.25) is 0 Å². The summed E-state index contributed by atoms with van der Waals surface area (Å²) in [5, 5.41) is 12.8. The van der Waals surface area contributed by atoms with Crippen LogP contribution < -0.4 is 0 Å². The first-order valence-electron chi connectivity index (χ1n) is 5.41. The quantitative estimate of drug-likeness (QED) is 0.556. The van der Waals surface area contributed by atoms with Gasteiger partial charge in [-0.05, 0) is 24.2 Å². The molecule has 0 spiro atoms. The number of hydrogen-bond acceptors (Lipinski definition) is 3. The molecule has 4 heteroatoms. The first-order chi connectivity index (χ1) is 7.03. The Morgan fingerprint density at radius 3 is 2.73 bits per heavy atom. The number of carboxylic acids is 1. The molecule has 15 heavy (non-hydrogen) atoms. The lowest BCUT2D eigenvalue weighted by Gasteiger charge is -1.97. The van der Waals surface area contributed by atoms with Crippen LogP contribution in [0.15, 0.2) is 5.16 Å². The molecule has 0 aromatic carbocycles. The highest BCUT2D eigenvalue weighted by molar-refractivity contribution is 5.84. The van der Waals surface area contributed by atoms with Crippen LogP contribution in [-0.4, -0.2) is 23.9 Å². The molecule has 2 saturated carbocycles. The molecule has 4 nitrogen and oxygen atoms in total. The molecule has 0 aromatic rings. The van der Waals surface area contributed by atoms with Crippen molar-refractivity contribution in [2.24, 2.45) is 28.3 Å². The molecule has 0 aliphatic heterocycles. The monoisotopic (exact) mass is 211 g/mol. The van der Waals surface area contributed by atoms with Gasteiger partial charge in [0.1, 0.15) is 6.61 Å². The second kappa shape index (κ2) is 3.51. The minimum Gasteiger partial charge on any atom is -0.481 e. The van der Waals surface area contributed by atoms with Crippen LogP contribution in [0.3, 0.4) is 0 Å². The smallest absolute Gasteiger partial charge is 0.307 e. The minimum atomic E-state index is -0.737. The highest BCUT2D eigenvalue weighted by Gasteiger charge is 2.61. The van der Waals surface area contributed by atoms with Crippen LogP contribution in [0.4, 0.5) is 0 Å². The van der Waals surface area contributed by atoms with E-state index < -0.39 is 5.97 Å². The van der Waals surface area contributed by atoms with Crippen molar-refractivity contribution in [2.45, 2.75) is 26.7 Å². The second-order valence-corrected chi connectivity index (χ2v) is 5.16. The van der Waals surface area contributed by atoms with Crippen molar-refractivity contribution in [3.05, 3.63) is 0 Å². The van der Waals surface area contributed by atoms with Crippen LogP contribution in [0.1, 0.15) is 26.7 Å². The van der Waals surface area contributed by atoms with Crippen molar-refractivity contribution in [3.8, 4) is 0 Å². The molecule has 0 heterocycles. The average molecular weight is 211 g/mol. The van der Waals surface area contributed by atoms with E-state index in [0.717, 1.165) is 0 Å². The van der Waals surface area contributed by atoms with Crippen molar-refractivity contribution in [1.82, 2.24) is 0 Å². The lowest BCUT2D eigenvalue weighted by Crippen LogP contribution is -2.03. The maximum absolute atomic E-state index is 10.8. The fourth-order valence-corrected chi connectivity index (χ4v) is 1.97. The molecular weight excluding hydrogens is 194 g/mol. The van der Waals surface area contributed by atoms with Gasteiger partial charge in [-0.25, -0.2) is 0 Å². The number of carboxylic acid groups (broad SMARTS) is 1. The van der Waals surface area contributed by atoms with Gasteiger partial charge in [0.15, 0.2) is 0 Å². The van der Waals surface area contributed by atoms with E-state index >= 15 is 0 Å². The number of hydrogen-bond donors (Lipinski definition) is 1. The molecule has 0 amide bonds. The first kappa shape index (κ1) is 10.5. The predicted octanol–water partition coefficient (Wildman–Crippen LogP) is 1.76. The van der Waals surface area contributed by atoms with Gasteiger partial charge in [0.25, 0.3) is 0 Å². The summed E-state index contributed by atoms with van der Waals surface area (Å²) in [7, 11) is 0. The first-order valence-corrected chi connectivity index (χ1v) is 5.41. The van der Waals surface area contributed by atoms with Gasteiger partial charge >= 0.3 is 5.97 Å². The highest BCUT2D eigenvalue weighted by Crippen LogP contribution is 2.57. The Hall–Kier alpha value is -1.06. The van der Waals surface area contributed by atoms with Gasteiger partial charge < -0.3 is 9.94 Å². The van der Waals surface area contributed by atoms with Crippen LogP contribution in [0, 0.1) is 23.2 Å². The van der Waals surface area contributed by atoms with Gasteiger partial charge in [0.2, 0.25) is 0 Å².